The van der Waals surface area contributed by atoms with Gasteiger partial charge in [0, 0.05) is 26.6 Å². The zero-order valence-corrected chi connectivity index (χ0v) is 16.4. The first-order valence-corrected chi connectivity index (χ1v) is 10.8. The van der Waals surface area contributed by atoms with Crippen LogP contribution in [0.1, 0.15) is 21.1 Å². The van der Waals surface area contributed by atoms with Crippen LogP contribution in [-0.4, -0.2) is 17.1 Å². The predicted octanol–water partition coefficient (Wildman–Crippen LogP) is 5.72. The quantitative estimate of drug-likeness (QED) is 0.550. The first kappa shape index (κ1) is 18.0. The van der Waals surface area contributed by atoms with Crippen LogP contribution in [0.2, 0.25) is 0 Å². The summed E-state index contributed by atoms with van der Waals surface area (Å²) in [7, 11) is 0. The van der Waals surface area contributed by atoms with Crippen molar-refractivity contribution < 1.29 is 4.79 Å². The van der Waals surface area contributed by atoms with Gasteiger partial charge < -0.3 is 5.32 Å². The number of carbonyl (C=O) groups excluding carboxylic acids is 1. The molecular weight excluding hydrogens is 368 g/mol. The second-order valence-corrected chi connectivity index (χ2v) is 8.29. The van der Waals surface area contributed by atoms with Crippen molar-refractivity contribution in [1.29, 1.82) is 0 Å². The van der Waals surface area contributed by atoms with Crippen LogP contribution >= 0.6 is 34.9 Å². The van der Waals surface area contributed by atoms with Crippen molar-refractivity contribution in [2.75, 3.05) is 11.6 Å². The average Bonchev–Trinajstić information content (AvgIpc) is 3.05. The fourth-order valence-corrected chi connectivity index (χ4v) is 4.43. The largest absolute Gasteiger partial charge is 0.322 e. The van der Waals surface area contributed by atoms with Crippen molar-refractivity contribution in [3.8, 4) is 0 Å². The summed E-state index contributed by atoms with van der Waals surface area (Å²) in [4.78, 5) is 19.3. The molecule has 3 rings (SSSR count). The van der Waals surface area contributed by atoms with Gasteiger partial charge in [-0.25, -0.2) is 4.98 Å². The van der Waals surface area contributed by atoms with Crippen LogP contribution in [0, 0.1) is 6.92 Å². The van der Waals surface area contributed by atoms with E-state index < -0.39 is 0 Å². The van der Waals surface area contributed by atoms with Crippen molar-refractivity contribution in [2.45, 2.75) is 22.5 Å². The number of anilines is 1. The van der Waals surface area contributed by atoms with Gasteiger partial charge in [-0.15, -0.1) is 34.9 Å². The van der Waals surface area contributed by atoms with E-state index in [0.717, 1.165) is 31.9 Å². The zero-order chi connectivity index (χ0) is 17.6. The molecule has 0 radical (unpaired) electrons. The predicted molar refractivity (Wildman–Crippen MR) is 109 cm³/mol. The smallest absolute Gasteiger partial charge is 0.256 e. The minimum absolute atomic E-state index is 0.0872. The summed E-state index contributed by atoms with van der Waals surface area (Å²) >= 11 is 4.94. The fraction of sp³-hybridized carbons (Fsp3) is 0.158. The number of amides is 1. The van der Waals surface area contributed by atoms with Gasteiger partial charge in [0.2, 0.25) is 0 Å². The van der Waals surface area contributed by atoms with E-state index in [9.17, 15) is 4.79 Å². The first-order valence-electron chi connectivity index (χ1n) is 7.74. The summed E-state index contributed by atoms with van der Waals surface area (Å²) < 4.78 is 0. The highest BCUT2D eigenvalue weighted by atomic mass is 32.2. The number of thioether (sulfide) groups is 2. The van der Waals surface area contributed by atoms with E-state index in [0.29, 0.717) is 5.56 Å². The Balaban J connectivity index is 1.73. The molecule has 1 N–H and O–H groups in total. The van der Waals surface area contributed by atoms with Gasteiger partial charge >= 0.3 is 0 Å². The molecule has 0 atom stereocenters. The van der Waals surface area contributed by atoms with Crippen molar-refractivity contribution in [3.63, 3.8) is 0 Å². The van der Waals surface area contributed by atoms with Crippen LogP contribution in [0.3, 0.4) is 0 Å². The Morgan fingerprint density at radius 2 is 2.04 bits per heavy atom. The van der Waals surface area contributed by atoms with Crippen molar-refractivity contribution in [3.05, 3.63) is 70.2 Å². The number of aryl methyl sites for hydroxylation is 1. The van der Waals surface area contributed by atoms with Crippen LogP contribution in [0.15, 0.2) is 63.7 Å². The number of carbonyl (C=O) groups is 1. The maximum atomic E-state index is 12.7. The van der Waals surface area contributed by atoms with E-state index in [1.54, 1.807) is 34.9 Å². The standard InChI is InChI=1S/C19H18N2OS3/c1-13-20-15(11-24-13)12-25-18-9-4-3-8-17(18)19(22)21-14-6-5-7-16(10-14)23-2/h3-11H,12H2,1-2H3,(H,21,22). The molecule has 0 aliphatic carbocycles. The molecule has 1 amide bonds. The van der Waals surface area contributed by atoms with Crippen LogP contribution < -0.4 is 5.32 Å². The summed E-state index contributed by atoms with van der Waals surface area (Å²) in [5.74, 6) is 0.673. The Kier molecular flexibility index (Phi) is 6.18. The van der Waals surface area contributed by atoms with Crippen molar-refractivity contribution in [1.82, 2.24) is 4.98 Å². The normalized spacial score (nSPS) is 10.6. The minimum atomic E-state index is -0.0872. The SMILES string of the molecule is CSc1cccc(NC(=O)c2ccccc2SCc2csc(C)n2)c1. The fourth-order valence-electron chi connectivity index (χ4n) is 2.31. The molecule has 3 aromatic rings. The molecule has 0 saturated carbocycles. The van der Waals surface area contributed by atoms with Crippen LogP contribution in [0.5, 0.6) is 0 Å². The molecule has 0 saturated heterocycles. The van der Waals surface area contributed by atoms with Gasteiger partial charge in [-0.1, -0.05) is 18.2 Å². The van der Waals surface area contributed by atoms with E-state index in [4.69, 9.17) is 0 Å². The molecule has 0 aliphatic heterocycles. The summed E-state index contributed by atoms with van der Waals surface area (Å²) in [6, 6.07) is 15.6. The molecule has 0 spiro atoms. The lowest BCUT2D eigenvalue weighted by molar-refractivity contribution is 0.102. The number of nitrogens with one attached hydrogen (secondary N) is 1. The molecular formula is C19H18N2OS3. The molecule has 0 aliphatic rings. The molecule has 6 heteroatoms. The van der Waals surface area contributed by atoms with Gasteiger partial charge in [0.15, 0.2) is 0 Å². The monoisotopic (exact) mass is 386 g/mol. The lowest BCUT2D eigenvalue weighted by Crippen LogP contribution is -2.13. The topological polar surface area (TPSA) is 42.0 Å². The van der Waals surface area contributed by atoms with Gasteiger partial charge in [-0.2, -0.15) is 0 Å². The van der Waals surface area contributed by atoms with Crippen molar-refractivity contribution in [2.24, 2.45) is 0 Å². The lowest BCUT2D eigenvalue weighted by atomic mass is 10.2. The third-order valence-corrected chi connectivity index (χ3v) is 6.16. The Bertz CT molecular complexity index is 876. The van der Waals surface area contributed by atoms with E-state index in [2.05, 4.69) is 15.7 Å². The Labute approximate surface area is 160 Å². The maximum Gasteiger partial charge on any atom is 0.256 e. The van der Waals surface area contributed by atoms with Gasteiger partial charge in [0.05, 0.1) is 16.3 Å². The minimum Gasteiger partial charge on any atom is -0.322 e. The van der Waals surface area contributed by atoms with E-state index in [-0.39, 0.29) is 5.91 Å². The molecule has 0 fully saturated rings. The summed E-state index contributed by atoms with van der Waals surface area (Å²) in [5, 5.41) is 6.13. The number of hydrogen-bond donors (Lipinski definition) is 1. The molecule has 3 nitrogen and oxygen atoms in total. The summed E-state index contributed by atoms with van der Waals surface area (Å²) in [5.41, 5.74) is 2.55. The number of aromatic nitrogens is 1. The van der Waals surface area contributed by atoms with Crippen LogP contribution in [-0.2, 0) is 5.75 Å². The summed E-state index contributed by atoms with van der Waals surface area (Å²) in [6.45, 7) is 2.00. The second kappa shape index (κ2) is 8.56. The Morgan fingerprint density at radius 1 is 1.20 bits per heavy atom. The summed E-state index contributed by atoms with van der Waals surface area (Å²) in [6.07, 6.45) is 2.02. The third-order valence-electron chi connectivity index (χ3n) is 3.50. The van der Waals surface area contributed by atoms with E-state index >= 15 is 0 Å². The molecule has 1 heterocycles. The zero-order valence-electron chi connectivity index (χ0n) is 14.0. The van der Waals surface area contributed by atoms with Gasteiger partial charge in [0.25, 0.3) is 5.91 Å². The van der Waals surface area contributed by atoms with Gasteiger partial charge in [-0.3, -0.25) is 4.79 Å². The first-order chi connectivity index (χ1) is 12.2. The molecule has 0 bridgehead atoms. The Hall–Kier alpha value is -1.76. The van der Waals surface area contributed by atoms with Crippen molar-refractivity contribution >= 4 is 46.5 Å². The van der Waals surface area contributed by atoms with Crippen LogP contribution in [0.4, 0.5) is 5.69 Å². The number of nitrogens with zero attached hydrogens (tertiary/aromatic N) is 1. The number of benzene rings is 2. The molecule has 128 valence electrons. The average molecular weight is 387 g/mol. The highest BCUT2D eigenvalue weighted by molar-refractivity contribution is 7.98. The number of rotatable bonds is 6. The number of thiazole rings is 1. The molecule has 25 heavy (non-hydrogen) atoms. The molecule has 1 aromatic heterocycles. The number of hydrogen-bond acceptors (Lipinski definition) is 5. The lowest BCUT2D eigenvalue weighted by Gasteiger charge is -2.10. The highest BCUT2D eigenvalue weighted by Gasteiger charge is 2.12. The molecule has 2 aromatic carbocycles. The third kappa shape index (κ3) is 4.87. The van der Waals surface area contributed by atoms with E-state index in [1.165, 1.54) is 0 Å². The van der Waals surface area contributed by atoms with Gasteiger partial charge in [0.1, 0.15) is 0 Å². The second-order valence-electron chi connectivity index (χ2n) is 5.33. The van der Waals surface area contributed by atoms with E-state index in [1.807, 2.05) is 61.7 Å². The van der Waals surface area contributed by atoms with Crippen LogP contribution in [0.25, 0.3) is 0 Å². The highest BCUT2D eigenvalue weighted by Crippen LogP contribution is 2.28. The Morgan fingerprint density at radius 3 is 2.80 bits per heavy atom. The van der Waals surface area contributed by atoms with Gasteiger partial charge in [-0.05, 0) is 43.5 Å². The maximum absolute atomic E-state index is 12.7. The molecule has 0 unspecified atom stereocenters.